The summed E-state index contributed by atoms with van der Waals surface area (Å²) in [6.45, 7) is 0. The first-order valence-electron chi connectivity index (χ1n) is 6.15. The zero-order chi connectivity index (χ0) is 16.3. The number of hydrogen-bond acceptors (Lipinski definition) is 1. The van der Waals surface area contributed by atoms with Crippen LogP contribution < -0.4 is 0 Å². The third-order valence-electron chi connectivity index (χ3n) is 2.92. The second kappa shape index (κ2) is 6.01. The molecule has 0 fully saturated rings. The van der Waals surface area contributed by atoms with Crippen molar-refractivity contribution < 1.29 is 27.5 Å². The van der Waals surface area contributed by atoms with E-state index in [1.54, 1.807) is 0 Å². The van der Waals surface area contributed by atoms with Crippen molar-refractivity contribution in [1.82, 2.24) is 0 Å². The lowest BCUT2D eigenvalue weighted by atomic mass is 9.96. The van der Waals surface area contributed by atoms with E-state index in [4.69, 9.17) is 5.11 Å². The summed E-state index contributed by atoms with van der Waals surface area (Å²) in [5, 5.41) is 8.57. The second-order valence-electron chi connectivity index (χ2n) is 4.48. The molecule has 0 saturated heterocycles. The number of benzene rings is 2. The van der Waals surface area contributed by atoms with Gasteiger partial charge in [0.25, 0.3) is 0 Å². The average Bonchev–Trinajstić information content (AvgIpc) is 2.44. The number of carboxylic acid groups (broad SMARTS) is 1. The minimum atomic E-state index is -4.57. The Hall–Kier alpha value is -2.63. The summed E-state index contributed by atoms with van der Waals surface area (Å²) in [6, 6.07) is 7.88. The lowest BCUT2D eigenvalue weighted by Crippen LogP contribution is -2.07. The highest BCUT2D eigenvalue weighted by molar-refractivity contribution is 5.85. The molecule has 114 valence electrons. The highest BCUT2D eigenvalue weighted by Gasteiger charge is 2.33. The van der Waals surface area contributed by atoms with Crippen molar-refractivity contribution >= 4 is 12.0 Å². The van der Waals surface area contributed by atoms with Gasteiger partial charge in [-0.25, -0.2) is 9.18 Å². The number of aliphatic carboxylic acids is 1. The Balaban J connectivity index is 2.58. The van der Waals surface area contributed by atoms with Crippen molar-refractivity contribution in [3.8, 4) is 11.1 Å². The highest BCUT2D eigenvalue weighted by atomic mass is 19.4. The molecule has 0 atom stereocenters. The third kappa shape index (κ3) is 3.72. The maximum absolute atomic E-state index is 13.1. The lowest BCUT2D eigenvalue weighted by molar-refractivity contribution is -0.137. The van der Waals surface area contributed by atoms with E-state index >= 15 is 0 Å². The molecule has 0 radical (unpaired) electrons. The predicted octanol–water partition coefficient (Wildman–Crippen LogP) is 4.61. The van der Waals surface area contributed by atoms with E-state index < -0.39 is 23.5 Å². The van der Waals surface area contributed by atoms with Gasteiger partial charge in [-0.05, 0) is 47.0 Å². The zero-order valence-corrected chi connectivity index (χ0v) is 11.1. The normalized spacial score (nSPS) is 11.8. The fourth-order valence-electron chi connectivity index (χ4n) is 1.95. The molecule has 0 aliphatic heterocycles. The Morgan fingerprint density at radius 2 is 1.68 bits per heavy atom. The first-order chi connectivity index (χ1) is 10.3. The summed E-state index contributed by atoms with van der Waals surface area (Å²) in [5.41, 5.74) is -0.513. The molecule has 0 saturated carbocycles. The molecular weight excluding hydrogens is 300 g/mol. The smallest absolute Gasteiger partial charge is 0.417 e. The fraction of sp³-hybridized carbons (Fsp3) is 0.0625. The molecule has 22 heavy (non-hydrogen) atoms. The quantitative estimate of drug-likeness (QED) is 0.664. The van der Waals surface area contributed by atoms with Gasteiger partial charge in [0.1, 0.15) is 5.82 Å². The second-order valence-corrected chi connectivity index (χ2v) is 4.48. The van der Waals surface area contributed by atoms with E-state index in [2.05, 4.69) is 0 Å². The SMILES string of the molecule is O=C(O)/C=C/c1ccc(C(F)(F)F)c(-c2ccc(F)cc2)c1. The first-order valence-corrected chi connectivity index (χ1v) is 6.15. The van der Waals surface area contributed by atoms with E-state index in [-0.39, 0.29) is 11.1 Å². The van der Waals surface area contributed by atoms with Crippen LogP contribution in [0.25, 0.3) is 17.2 Å². The minimum absolute atomic E-state index is 0.139. The van der Waals surface area contributed by atoms with Gasteiger partial charge in [-0.2, -0.15) is 13.2 Å². The van der Waals surface area contributed by atoms with Crippen molar-refractivity contribution in [2.24, 2.45) is 0 Å². The van der Waals surface area contributed by atoms with Crippen molar-refractivity contribution in [2.45, 2.75) is 6.18 Å². The Morgan fingerprint density at radius 3 is 2.23 bits per heavy atom. The third-order valence-corrected chi connectivity index (χ3v) is 2.92. The zero-order valence-electron chi connectivity index (χ0n) is 11.1. The Morgan fingerprint density at radius 1 is 1.05 bits per heavy atom. The highest BCUT2D eigenvalue weighted by Crippen LogP contribution is 2.37. The van der Waals surface area contributed by atoms with E-state index in [1.165, 1.54) is 30.3 Å². The molecule has 0 heterocycles. The number of carboxylic acids is 1. The summed E-state index contributed by atoms with van der Waals surface area (Å²) in [7, 11) is 0. The maximum atomic E-state index is 13.1. The van der Waals surface area contributed by atoms with Crippen LogP contribution in [-0.2, 0) is 11.0 Å². The number of alkyl halides is 3. The van der Waals surface area contributed by atoms with E-state index in [1.807, 2.05) is 0 Å². The lowest BCUT2D eigenvalue weighted by Gasteiger charge is -2.14. The van der Waals surface area contributed by atoms with Gasteiger partial charge in [-0.15, -0.1) is 0 Å². The first kappa shape index (κ1) is 15.8. The van der Waals surface area contributed by atoms with Gasteiger partial charge >= 0.3 is 12.1 Å². The van der Waals surface area contributed by atoms with Gasteiger partial charge in [0.15, 0.2) is 0 Å². The number of rotatable bonds is 3. The Bertz CT molecular complexity index is 716. The van der Waals surface area contributed by atoms with Crippen LogP contribution in [0.5, 0.6) is 0 Å². The molecule has 0 aliphatic rings. The van der Waals surface area contributed by atoms with E-state index in [0.717, 1.165) is 24.3 Å². The molecule has 0 bridgehead atoms. The van der Waals surface area contributed by atoms with Crippen LogP contribution in [0.2, 0.25) is 0 Å². The summed E-state index contributed by atoms with van der Waals surface area (Å²) >= 11 is 0. The van der Waals surface area contributed by atoms with E-state index in [0.29, 0.717) is 5.56 Å². The predicted molar refractivity (Wildman–Crippen MR) is 73.5 cm³/mol. The van der Waals surface area contributed by atoms with Crippen LogP contribution in [0.3, 0.4) is 0 Å². The molecule has 2 aromatic carbocycles. The molecule has 6 heteroatoms. The van der Waals surface area contributed by atoms with Crippen molar-refractivity contribution in [1.29, 1.82) is 0 Å². The number of carbonyl (C=O) groups is 1. The van der Waals surface area contributed by atoms with Crippen LogP contribution in [-0.4, -0.2) is 11.1 Å². The summed E-state index contributed by atoms with van der Waals surface area (Å²) in [5.74, 6) is -1.76. The van der Waals surface area contributed by atoms with Gasteiger partial charge in [-0.1, -0.05) is 18.2 Å². The summed E-state index contributed by atoms with van der Waals surface area (Å²) in [4.78, 5) is 10.5. The molecule has 0 unspecified atom stereocenters. The number of hydrogen-bond donors (Lipinski definition) is 1. The van der Waals surface area contributed by atoms with Gasteiger partial charge in [-0.3, -0.25) is 0 Å². The minimum Gasteiger partial charge on any atom is -0.478 e. The Labute approximate surface area is 123 Å². The van der Waals surface area contributed by atoms with Gasteiger partial charge in [0.2, 0.25) is 0 Å². The topological polar surface area (TPSA) is 37.3 Å². The number of halogens is 4. The van der Waals surface area contributed by atoms with Crippen LogP contribution in [0.1, 0.15) is 11.1 Å². The molecule has 0 amide bonds. The Kier molecular flexibility index (Phi) is 4.30. The molecule has 2 rings (SSSR count). The maximum Gasteiger partial charge on any atom is 0.417 e. The molecular formula is C16H10F4O2. The average molecular weight is 310 g/mol. The van der Waals surface area contributed by atoms with Gasteiger partial charge in [0, 0.05) is 6.08 Å². The molecule has 2 nitrogen and oxygen atoms in total. The summed E-state index contributed by atoms with van der Waals surface area (Å²) < 4.78 is 52.1. The van der Waals surface area contributed by atoms with Crippen molar-refractivity contribution in [3.05, 3.63) is 65.5 Å². The van der Waals surface area contributed by atoms with Gasteiger partial charge in [0.05, 0.1) is 5.56 Å². The standard InChI is InChI=1S/C16H10F4O2/c17-12-5-3-11(4-6-12)13-9-10(2-8-15(21)22)1-7-14(13)16(18,19)20/h1-9H,(H,21,22)/b8-2+. The molecule has 1 N–H and O–H groups in total. The van der Waals surface area contributed by atoms with Crippen LogP contribution in [0.4, 0.5) is 17.6 Å². The summed E-state index contributed by atoms with van der Waals surface area (Å²) in [6.07, 6.45) is -2.55. The largest absolute Gasteiger partial charge is 0.478 e. The molecule has 0 aromatic heterocycles. The fourth-order valence-corrected chi connectivity index (χ4v) is 1.95. The van der Waals surface area contributed by atoms with Gasteiger partial charge < -0.3 is 5.11 Å². The van der Waals surface area contributed by atoms with Crippen LogP contribution in [0, 0.1) is 5.82 Å². The molecule has 2 aromatic rings. The van der Waals surface area contributed by atoms with Crippen molar-refractivity contribution in [3.63, 3.8) is 0 Å². The molecule has 0 spiro atoms. The molecule has 0 aliphatic carbocycles. The van der Waals surface area contributed by atoms with Crippen LogP contribution in [0.15, 0.2) is 48.5 Å². The van der Waals surface area contributed by atoms with Crippen LogP contribution >= 0.6 is 0 Å². The van der Waals surface area contributed by atoms with Crippen molar-refractivity contribution in [2.75, 3.05) is 0 Å². The van der Waals surface area contributed by atoms with E-state index in [9.17, 15) is 22.4 Å². The monoisotopic (exact) mass is 310 g/mol.